The van der Waals surface area contributed by atoms with Crippen LogP contribution in [0.15, 0.2) is 30.6 Å². The van der Waals surface area contributed by atoms with Gasteiger partial charge < -0.3 is 15.2 Å². The molecule has 1 aromatic heterocycles. The van der Waals surface area contributed by atoms with E-state index in [4.69, 9.17) is 4.74 Å². The first-order valence-electron chi connectivity index (χ1n) is 7.54. The fourth-order valence-electron chi connectivity index (χ4n) is 2.01. The minimum absolute atomic E-state index is 0.266. The van der Waals surface area contributed by atoms with E-state index >= 15 is 0 Å². The number of phenols is 1. The van der Waals surface area contributed by atoms with Crippen molar-refractivity contribution in [1.82, 2.24) is 15.1 Å². The number of aryl methyl sites for hydroxylation is 1. The minimum Gasteiger partial charge on any atom is -0.508 e. The Bertz CT molecular complexity index is 687. The maximum Gasteiger partial charge on any atom is 0.407 e. The molecule has 23 heavy (non-hydrogen) atoms. The second-order valence-corrected chi connectivity index (χ2v) is 6.42. The van der Waals surface area contributed by atoms with Gasteiger partial charge in [-0.25, -0.2) is 4.79 Å². The molecule has 0 radical (unpaired) electrons. The van der Waals surface area contributed by atoms with E-state index in [0.717, 1.165) is 16.7 Å². The number of amides is 1. The zero-order valence-electron chi connectivity index (χ0n) is 14.0. The lowest BCUT2D eigenvalue weighted by Crippen LogP contribution is -2.34. The first-order valence-corrected chi connectivity index (χ1v) is 7.54. The molecule has 1 heterocycles. The number of hydrogen-bond acceptors (Lipinski definition) is 4. The number of ether oxygens (including phenoxy) is 1. The van der Waals surface area contributed by atoms with Crippen molar-refractivity contribution in [2.45, 2.75) is 39.8 Å². The molecule has 2 rings (SSSR count). The van der Waals surface area contributed by atoms with Crippen LogP contribution in [0.1, 0.15) is 26.3 Å². The van der Waals surface area contributed by atoms with E-state index in [-0.39, 0.29) is 5.75 Å². The number of nitrogens with zero attached hydrogens (tertiary/aromatic N) is 2. The fraction of sp³-hybridized carbons (Fsp3) is 0.412. The molecule has 124 valence electrons. The standard InChI is InChI=1S/C17H23N3O3/c1-12-5-6-13(9-15(12)21)14-10-19-20(11-14)8-7-18-16(22)23-17(2,3)4/h5-6,9-11,21H,7-8H2,1-4H3,(H,18,22). The van der Waals surface area contributed by atoms with E-state index in [9.17, 15) is 9.90 Å². The molecule has 1 aromatic carbocycles. The van der Waals surface area contributed by atoms with Crippen LogP contribution in [0.2, 0.25) is 0 Å². The molecule has 0 aliphatic carbocycles. The summed E-state index contributed by atoms with van der Waals surface area (Å²) in [5, 5.41) is 16.7. The zero-order chi connectivity index (χ0) is 17.0. The Hall–Kier alpha value is -2.50. The molecule has 0 fully saturated rings. The van der Waals surface area contributed by atoms with Gasteiger partial charge in [-0.05, 0) is 44.9 Å². The topological polar surface area (TPSA) is 76.4 Å². The van der Waals surface area contributed by atoms with Crippen LogP contribution in [0.5, 0.6) is 5.75 Å². The predicted octanol–water partition coefficient (Wildman–Crippen LogP) is 3.09. The van der Waals surface area contributed by atoms with Crippen LogP contribution in [0, 0.1) is 6.92 Å². The van der Waals surface area contributed by atoms with Crippen LogP contribution < -0.4 is 5.32 Å². The van der Waals surface area contributed by atoms with E-state index in [1.54, 1.807) is 16.9 Å². The van der Waals surface area contributed by atoms with Crippen LogP contribution in [0.4, 0.5) is 4.79 Å². The fourth-order valence-corrected chi connectivity index (χ4v) is 2.01. The van der Waals surface area contributed by atoms with Gasteiger partial charge in [0.2, 0.25) is 0 Å². The molecule has 0 bridgehead atoms. The monoisotopic (exact) mass is 317 g/mol. The molecule has 0 aliphatic heterocycles. The van der Waals surface area contributed by atoms with Gasteiger partial charge in [-0.15, -0.1) is 0 Å². The van der Waals surface area contributed by atoms with Gasteiger partial charge in [0, 0.05) is 18.3 Å². The van der Waals surface area contributed by atoms with Crippen LogP contribution in [-0.2, 0) is 11.3 Å². The number of hydrogen-bond donors (Lipinski definition) is 2. The smallest absolute Gasteiger partial charge is 0.407 e. The Morgan fingerprint density at radius 1 is 1.35 bits per heavy atom. The Morgan fingerprint density at radius 2 is 2.09 bits per heavy atom. The molecule has 1 amide bonds. The van der Waals surface area contributed by atoms with Gasteiger partial charge in [-0.1, -0.05) is 12.1 Å². The normalized spacial score (nSPS) is 11.3. The molecule has 6 nitrogen and oxygen atoms in total. The third-order valence-corrected chi connectivity index (χ3v) is 3.18. The Kier molecular flexibility index (Phi) is 4.93. The first-order chi connectivity index (χ1) is 10.7. The summed E-state index contributed by atoms with van der Waals surface area (Å²) in [5.74, 6) is 0.266. The quantitative estimate of drug-likeness (QED) is 0.908. The third-order valence-electron chi connectivity index (χ3n) is 3.18. The maximum absolute atomic E-state index is 11.6. The van der Waals surface area contributed by atoms with E-state index in [1.165, 1.54) is 0 Å². The number of aromatic hydroxyl groups is 1. The second-order valence-electron chi connectivity index (χ2n) is 6.42. The van der Waals surface area contributed by atoms with Crippen molar-refractivity contribution < 1.29 is 14.6 Å². The lowest BCUT2D eigenvalue weighted by Gasteiger charge is -2.19. The largest absolute Gasteiger partial charge is 0.508 e. The molecular weight excluding hydrogens is 294 g/mol. The van der Waals surface area contributed by atoms with Gasteiger partial charge in [0.15, 0.2) is 0 Å². The lowest BCUT2D eigenvalue weighted by molar-refractivity contribution is 0.0525. The Balaban J connectivity index is 1.90. The highest BCUT2D eigenvalue weighted by Gasteiger charge is 2.15. The molecule has 0 atom stereocenters. The molecule has 0 spiro atoms. The van der Waals surface area contributed by atoms with Gasteiger partial charge >= 0.3 is 6.09 Å². The van der Waals surface area contributed by atoms with Crippen LogP contribution in [-0.4, -0.2) is 33.1 Å². The first kappa shape index (κ1) is 16.9. The number of carbonyl (C=O) groups is 1. The van der Waals surface area contributed by atoms with Gasteiger partial charge in [-0.2, -0.15) is 5.10 Å². The van der Waals surface area contributed by atoms with E-state index in [1.807, 2.05) is 46.0 Å². The van der Waals surface area contributed by atoms with Crippen molar-refractivity contribution in [2.75, 3.05) is 6.54 Å². The summed E-state index contributed by atoms with van der Waals surface area (Å²) in [4.78, 5) is 11.6. The average molecular weight is 317 g/mol. The van der Waals surface area contributed by atoms with E-state index in [2.05, 4.69) is 10.4 Å². The number of benzene rings is 1. The molecule has 2 aromatic rings. The lowest BCUT2D eigenvalue weighted by atomic mass is 10.1. The van der Waals surface area contributed by atoms with Crippen molar-refractivity contribution >= 4 is 6.09 Å². The summed E-state index contributed by atoms with van der Waals surface area (Å²) in [5.41, 5.74) is 2.15. The highest BCUT2D eigenvalue weighted by atomic mass is 16.6. The number of aromatic nitrogens is 2. The number of alkyl carbamates (subject to hydrolysis) is 1. The summed E-state index contributed by atoms with van der Waals surface area (Å²) < 4.78 is 6.91. The molecule has 0 saturated heterocycles. The molecule has 0 aliphatic rings. The second kappa shape index (κ2) is 6.73. The Morgan fingerprint density at radius 3 is 2.74 bits per heavy atom. The number of carbonyl (C=O) groups excluding carboxylic acids is 1. The van der Waals surface area contributed by atoms with Crippen molar-refractivity contribution in [1.29, 1.82) is 0 Å². The molecule has 2 N–H and O–H groups in total. The molecule has 0 saturated carbocycles. The highest BCUT2D eigenvalue weighted by molar-refractivity contribution is 5.67. The van der Waals surface area contributed by atoms with Crippen molar-refractivity contribution in [3.63, 3.8) is 0 Å². The average Bonchev–Trinajstić information content (AvgIpc) is 2.88. The van der Waals surface area contributed by atoms with Crippen molar-refractivity contribution in [3.8, 4) is 16.9 Å². The van der Waals surface area contributed by atoms with Crippen molar-refractivity contribution in [3.05, 3.63) is 36.2 Å². The van der Waals surface area contributed by atoms with Crippen LogP contribution in [0.25, 0.3) is 11.1 Å². The summed E-state index contributed by atoms with van der Waals surface area (Å²) in [7, 11) is 0. The van der Waals surface area contributed by atoms with Crippen LogP contribution >= 0.6 is 0 Å². The van der Waals surface area contributed by atoms with Gasteiger partial charge in [0.1, 0.15) is 11.4 Å². The molecular formula is C17H23N3O3. The summed E-state index contributed by atoms with van der Waals surface area (Å²) in [6.07, 6.45) is 3.17. The molecule has 6 heteroatoms. The number of phenolic OH excluding ortho intramolecular Hbond substituents is 1. The summed E-state index contributed by atoms with van der Waals surface area (Å²) in [6, 6.07) is 5.52. The SMILES string of the molecule is Cc1ccc(-c2cnn(CCNC(=O)OC(C)(C)C)c2)cc1O. The van der Waals surface area contributed by atoms with Gasteiger partial charge in [0.25, 0.3) is 0 Å². The summed E-state index contributed by atoms with van der Waals surface area (Å²) in [6.45, 7) is 8.28. The molecule has 0 unspecified atom stereocenters. The minimum atomic E-state index is -0.504. The maximum atomic E-state index is 11.6. The number of nitrogens with one attached hydrogen (secondary N) is 1. The van der Waals surface area contributed by atoms with E-state index < -0.39 is 11.7 Å². The van der Waals surface area contributed by atoms with E-state index in [0.29, 0.717) is 13.1 Å². The third kappa shape index (κ3) is 5.02. The summed E-state index contributed by atoms with van der Waals surface area (Å²) >= 11 is 0. The highest BCUT2D eigenvalue weighted by Crippen LogP contribution is 2.25. The number of rotatable bonds is 4. The predicted molar refractivity (Wildman–Crippen MR) is 88.3 cm³/mol. The van der Waals surface area contributed by atoms with Gasteiger partial charge in [0.05, 0.1) is 12.7 Å². The zero-order valence-corrected chi connectivity index (χ0v) is 14.0. The van der Waals surface area contributed by atoms with Crippen LogP contribution in [0.3, 0.4) is 0 Å². The Labute approximate surface area is 136 Å². The van der Waals surface area contributed by atoms with Crippen molar-refractivity contribution in [2.24, 2.45) is 0 Å². The van der Waals surface area contributed by atoms with Gasteiger partial charge in [-0.3, -0.25) is 4.68 Å².